The van der Waals surface area contributed by atoms with E-state index >= 15 is 0 Å². The normalized spacial score (nSPS) is 23.9. The summed E-state index contributed by atoms with van der Waals surface area (Å²) in [4.78, 5) is 0. The fourth-order valence-electron chi connectivity index (χ4n) is 2.69. The molecule has 84 valence electrons. The molecule has 1 unspecified atom stereocenters. The SMILES string of the molecule is Cn1nnc2c1C(CCN)C(C)(C)CC2. The van der Waals surface area contributed by atoms with Crippen LogP contribution in [0.15, 0.2) is 0 Å². The zero-order chi connectivity index (χ0) is 11.1. The lowest BCUT2D eigenvalue weighted by molar-refractivity contribution is 0.226. The van der Waals surface area contributed by atoms with Crippen molar-refractivity contribution in [2.45, 2.75) is 39.0 Å². The van der Waals surface area contributed by atoms with Gasteiger partial charge >= 0.3 is 0 Å². The molecule has 1 aliphatic carbocycles. The van der Waals surface area contributed by atoms with Crippen LogP contribution in [0.2, 0.25) is 0 Å². The fraction of sp³-hybridized carbons (Fsp3) is 0.818. The number of fused-ring (bicyclic) bond motifs is 1. The fourth-order valence-corrected chi connectivity index (χ4v) is 2.69. The van der Waals surface area contributed by atoms with Crippen LogP contribution in [0.4, 0.5) is 0 Å². The molecule has 0 fully saturated rings. The van der Waals surface area contributed by atoms with Crippen LogP contribution in [0.5, 0.6) is 0 Å². The molecule has 0 saturated heterocycles. The first-order valence-electron chi connectivity index (χ1n) is 5.65. The average molecular weight is 208 g/mol. The van der Waals surface area contributed by atoms with E-state index in [2.05, 4.69) is 24.2 Å². The molecule has 2 rings (SSSR count). The van der Waals surface area contributed by atoms with Gasteiger partial charge in [-0.05, 0) is 31.2 Å². The van der Waals surface area contributed by atoms with Gasteiger partial charge < -0.3 is 5.73 Å². The van der Waals surface area contributed by atoms with Crippen molar-refractivity contribution in [3.8, 4) is 0 Å². The third-order valence-corrected chi connectivity index (χ3v) is 3.68. The smallest absolute Gasteiger partial charge is 0.0862 e. The molecule has 15 heavy (non-hydrogen) atoms. The average Bonchev–Trinajstić information content (AvgIpc) is 2.53. The molecule has 0 aliphatic heterocycles. The quantitative estimate of drug-likeness (QED) is 0.795. The van der Waals surface area contributed by atoms with E-state index in [-0.39, 0.29) is 0 Å². The Hall–Kier alpha value is -0.900. The highest BCUT2D eigenvalue weighted by atomic mass is 15.4. The minimum Gasteiger partial charge on any atom is -0.330 e. The second kappa shape index (κ2) is 3.59. The van der Waals surface area contributed by atoms with Crippen molar-refractivity contribution in [1.82, 2.24) is 15.0 Å². The largest absolute Gasteiger partial charge is 0.330 e. The van der Waals surface area contributed by atoms with Gasteiger partial charge in [0.05, 0.1) is 11.4 Å². The van der Waals surface area contributed by atoms with Gasteiger partial charge in [-0.25, -0.2) is 0 Å². The number of hydrogen-bond acceptors (Lipinski definition) is 3. The highest BCUT2D eigenvalue weighted by Crippen LogP contribution is 2.45. The summed E-state index contributed by atoms with van der Waals surface area (Å²) in [5.41, 5.74) is 8.51. The second-order valence-corrected chi connectivity index (χ2v) is 5.16. The number of rotatable bonds is 2. The van der Waals surface area contributed by atoms with E-state index in [4.69, 9.17) is 5.73 Å². The Morgan fingerprint density at radius 2 is 2.27 bits per heavy atom. The van der Waals surface area contributed by atoms with Crippen molar-refractivity contribution in [3.63, 3.8) is 0 Å². The summed E-state index contributed by atoms with van der Waals surface area (Å²) in [7, 11) is 1.98. The monoisotopic (exact) mass is 208 g/mol. The Balaban J connectivity index is 2.42. The predicted octanol–water partition coefficient (Wildman–Crippen LogP) is 1.22. The van der Waals surface area contributed by atoms with Crippen molar-refractivity contribution in [1.29, 1.82) is 0 Å². The van der Waals surface area contributed by atoms with Crippen molar-refractivity contribution >= 4 is 0 Å². The molecular weight excluding hydrogens is 188 g/mol. The van der Waals surface area contributed by atoms with E-state index in [0.29, 0.717) is 11.3 Å². The molecule has 1 aromatic rings. The molecule has 4 heteroatoms. The first-order chi connectivity index (χ1) is 7.06. The van der Waals surface area contributed by atoms with Crippen molar-refractivity contribution < 1.29 is 0 Å². The van der Waals surface area contributed by atoms with E-state index < -0.39 is 0 Å². The summed E-state index contributed by atoms with van der Waals surface area (Å²) in [6.45, 7) is 5.38. The molecule has 0 radical (unpaired) electrons. The Morgan fingerprint density at radius 3 is 2.93 bits per heavy atom. The second-order valence-electron chi connectivity index (χ2n) is 5.16. The molecule has 0 aromatic carbocycles. The molecule has 4 nitrogen and oxygen atoms in total. The van der Waals surface area contributed by atoms with Crippen molar-refractivity contribution in [2.75, 3.05) is 6.54 Å². The number of nitrogens with zero attached hydrogens (tertiary/aromatic N) is 3. The summed E-state index contributed by atoms with van der Waals surface area (Å²) >= 11 is 0. The third kappa shape index (κ3) is 1.67. The molecule has 2 N–H and O–H groups in total. The lowest BCUT2D eigenvalue weighted by Crippen LogP contribution is -2.31. The summed E-state index contributed by atoms with van der Waals surface area (Å²) in [6.07, 6.45) is 3.27. The zero-order valence-corrected chi connectivity index (χ0v) is 9.82. The number of aromatic nitrogens is 3. The van der Waals surface area contributed by atoms with Gasteiger partial charge in [-0.2, -0.15) is 0 Å². The first kappa shape index (κ1) is 10.6. The zero-order valence-electron chi connectivity index (χ0n) is 9.82. The molecule has 0 saturated carbocycles. The van der Waals surface area contributed by atoms with Crippen LogP contribution in [-0.4, -0.2) is 21.5 Å². The lowest BCUT2D eigenvalue weighted by Gasteiger charge is -2.38. The van der Waals surface area contributed by atoms with Gasteiger partial charge in [-0.1, -0.05) is 19.1 Å². The van der Waals surface area contributed by atoms with Crippen molar-refractivity contribution in [3.05, 3.63) is 11.4 Å². The van der Waals surface area contributed by atoms with E-state index in [1.54, 1.807) is 0 Å². The van der Waals surface area contributed by atoms with Gasteiger partial charge in [0.25, 0.3) is 0 Å². The maximum Gasteiger partial charge on any atom is 0.0862 e. The first-order valence-corrected chi connectivity index (χ1v) is 5.65. The van der Waals surface area contributed by atoms with Crippen LogP contribution in [-0.2, 0) is 13.5 Å². The molecule has 1 aliphatic rings. The van der Waals surface area contributed by atoms with E-state index in [1.165, 1.54) is 17.8 Å². The number of aryl methyl sites for hydroxylation is 2. The summed E-state index contributed by atoms with van der Waals surface area (Å²) in [6, 6.07) is 0. The molecular formula is C11H20N4. The van der Waals surface area contributed by atoms with Crippen LogP contribution in [0.25, 0.3) is 0 Å². The minimum atomic E-state index is 0.321. The molecule has 0 amide bonds. The van der Waals surface area contributed by atoms with Crippen LogP contribution < -0.4 is 5.73 Å². The topological polar surface area (TPSA) is 56.7 Å². The Kier molecular flexibility index (Phi) is 2.54. The standard InChI is InChI=1S/C11H20N4/c1-11(2)6-4-9-10(8(11)5-7-12)15(3)14-13-9/h8H,4-7,12H2,1-3H3. The van der Waals surface area contributed by atoms with E-state index in [9.17, 15) is 0 Å². The minimum absolute atomic E-state index is 0.321. The maximum absolute atomic E-state index is 5.71. The van der Waals surface area contributed by atoms with Gasteiger partial charge in [0, 0.05) is 13.0 Å². The van der Waals surface area contributed by atoms with E-state index in [0.717, 1.165) is 19.4 Å². The number of nitrogens with two attached hydrogens (primary N) is 1. The molecule has 1 aromatic heterocycles. The van der Waals surface area contributed by atoms with E-state index in [1.807, 2.05) is 11.7 Å². The number of hydrogen-bond donors (Lipinski definition) is 1. The van der Waals surface area contributed by atoms with Gasteiger partial charge in [0.2, 0.25) is 0 Å². The summed E-state index contributed by atoms with van der Waals surface area (Å²) in [5.74, 6) is 0.506. The van der Waals surface area contributed by atoms with Crippen molar-refractivity contribution in [2.24, 2.45) is 18.2 Å². The Labute approximate surface area is 90.8 Å². The molecule has 1 atom stereocenters. The lowest BCUT2D eigenvalue weighted by atomic mass is 9.68. The van der Waals surface area contributed by atoms with Crippen LogP contribution in [0, 0.1) is 5.41 Å². The maximum atomic E-state index is 5.71. The van der Waals surface area contributed by atoms with Gasteiger partial charge in [-0.15, -0.1) is 5.10 Å². The predicted molar refractivity (Wildman–Crippen MR) is 59.5 cm³/mol. The van der Waals surface area contributed by atoms with Crippen LogP contribution in [0.3, 0.4) is 0 Å². The summed E-state index contributed by atoms with van der Waals surface area (Å²) in [5, 5.41) is 8.35. The van der Waals surface area contributed by atoms with Gasteiger partial charge in [0.15, 0.2) is 0 Å². The van der Waals surface area contributed by atoms with Crippen LogP contribution in [0.1, 0.15) is 44.0 Å². The summed E-state index contributed by atoms with van der Waals surface area (Å²) < 4.78 is 1.93. The highest BCUT2D eigenvalue weighted by Gasteiger charge is 2.38. The molecule has 1 heterocycles. The van der Waals surface area contributed by atoms with Crippen LogP contribution >= 0.6 is 0 Å². The Morgan fingerprint density at radius 1 is 1.53 bits per heavy atom. The highest BCUT2D eigenvalue weighted by molar-refractivity contribution is 5.22. The molecule has 0 bridgehead atoms. The third-order valence-electron chi connectivity index (χ3n) is 3.68. The van der Waals surface area contributed by atoms with Gasteiger partial charge in [0.1, 0.15) is 0 Å². The Bertz CT molecular complexity index is 353. The molecule has 0 spiro atoms. The van der Waals surface area contributed by atoms with Gasteiger partial charge in [-0.3, -0.25) is 4.68 Å².